The summed E-state index contributed by atoms with van der Waals surface area (Å²) in [6.07, 6.45) is 1.02. The van der Waals surface area contributed by atoms with Crippen LogP contribution in [0.4, 0.5) is 5.13 Å². The number of hydrogen-bond donors (Lipinski definition) is 1. The third kappa shape index (κ3) is 3.76. The number of nitrogens with zero attached hydrogens (tertiary/aromatic N) is 3. The molecule has 0 saturated carbocycles. The van der Waals surface area contributed by atoms with Gasteiger partial charge in [-0.3, -0.25) is 4.79 Å². The molecule has 6 heteroatoms. The Balaban J connectivity index is 1.92. The number of piperazine rings is 1. The van der Waals surface area contributed by atoms with E-state index in [4.69, 9.17) is 4.98 Å². The first kappa shape index (κ1) is 16.9. The summed E-state index contributed by atoms with van der Waals surface area (Å²) < 4.78 is 0. The zero-order valence-corrected chi connectivity index (χ0v) is 15.0. The van der Waals surface area contributed by atoms with Gasteiger partial charge in [-0.25, -0.2) is 4.98 Å². The summed E-state index contributed by atoms with van der Waals surface area (Å²) >= 11 is 1.52. The molecule has 1 aliphatic rings. The Kier molecular flexibility index (Phi) is 5.16. The summed E-state index contributed by atoms with van der Waals surface area (Å²) in [6.45, 7) is 6.01. The Morgan fingerprint density at radius 3 is 2.46 bits per heavy atom. The number of anilines is 1. The number of aromatic nitrogens is 1. The number of rotatable bonds is 5. The van der Waals surface area contributed by atoms with Crippen molar-refractivity contribution in [2.45, 2.75) is 19.8 Å². The quantitative estimate of drug-likeness (QED) is 0.903. The van der Waals surface area contributed by atoms with Crippen molar-refractivity contribution in [1.82, 2.24) is 9.88 Å². The Hall–Kier alpha value is -1.92. The van der Waals surface area contributed by atoms with Gasteiger partial charge in [0.25, 0.3) is 0 Å². The van der Waals surface area contributed by atoms with Gasteiger partial charge in [-0.15, -0.1) is 11.3 Å². The lowest BCUT2D eigenvalue weighted by atomic mass is 10.1. The van der Waals surface area contributed by atoms with Crippen LogP contribution in [0.1, 0.15) is 17.4 Å². The normalized spacial score (nSPS) is 15.7. The van der Waals surface area contributed by atoms with Gasteiger partial charge in [-0.05, 0) is 19.0 Å². The molecule has 0 atom stereocenters. The van der Waals surface area contributed by atoms with Gasteiger partial charge < -0.3 is 14.9 Å². The number of hydrogen-bond acceptors (Lipinski definition) is 5. The van der Waals surface area contributed by atoms with Crippen LogP contribution in [-0.2, 0) is 17.6 Å². The van der Waals surface area contributed by atoms with E-state index < -0.39 is 5.97 Å². The summed E-state index contributed by atoms with van der Waals surface area (Å²) in [5, 5.41) is 10.2. The van der Waals surface area contributed by atoms with E-state index >= 15 is 0 Å². The number of carboxylic acids is 1. The number of benzene rings is 1. The van der Waals surface area contributed by atoms with Crippen molar-refractivity contribution in [2.24, 2.45) is 0 Å². The molecule has 0 bridgehead atoms. The fraction of sp³-hybridized carbons (Fsp3) is 0.444. The Morgan fingerprint density at radius 2 is 1.88 bits per heavy atom. The van der Waals surface area contributed by atoms with Gasteiger partial charge in [0.1, 0.15) is 0 Å². The summed E-state index contributed by atoms with van der Waals surface area (Å²) in [7, 11) is 2.12. The molecular formula is C18H23N3O2S. The van der Waals surface area contributed by atoms with E-state index in [0.717, 1.165) is 53.9 Å². The molecule has 0 spiro atoms. The van der Waals surface area contributed by atoms with Crippen LogP contribution >= 0.6 is 11.3 Å². The number of thiazole rings is 1. The third-order valence-corrected chi connectivity index (χ3v) is 5.52. The fourth-order valence-electron chi connectivity index (χ4n) is 2.85. The minimum atomic E-state index is -0.810. The van der Waals surface area contributed by atoms with Gasteiger partial charge in [0.2, 0.25) is 0 Å². The van der Waals surface area contributed by atoms with Crippen molar-refractivity contribution in [3.8, 4) is 11.3 Å². The SMILES string of the molecule is CCc1ccc(-c2nc(N3CCN(C)CC3)sc2CC(=O)O)cc1. The highest BCUT2D eigenvalue weighted by Gasteiger charge is 2.21. The molecule has 2 aromatic rings. The van der Waals surface area contributed by atoms with E-state index in [9.17, 15) is 9.90 Å². The second-order valence-corrected chi connectivity index (χ2v) is 7.24. The zero-order chi connectivity index (χ0) is 17.1. The van der Waals surface area contributed by atoms with Crippen molar-refractivity contribution < 1.29 is 9.90 Å². The monoisotopic (exact) mass is 345 g/mol. The molecule has 1 aromatic carbocycles. The molecule has 0 amide bonds. The molecule has 2 heterocycles. The average Bonchev–Trinajstić information content (AvgIpc) is 2.98. The van der Waals surface area contributed by atoms with E-state index in [-0.39, 0.29) is 6.42 Å². The highest BCUT2D eigenvalue weighted by Crippen LogP contribution is 2.34. The highest BCUT2D eigenvalue weighted by molar-refractivity contribution is 7.16. The minimum Gasteiger partial charge on any atom is -0.481 e. The average molecular weight is 345 g/mol. The number of carbonyl (C=O) groups is 1. The van der Waals surface area contributed by atoms with Crippen molar-refractivity contribution in [3.05, 3.63) is 34.7 Å². The molecule has 1 fully saturated rings. The number of carboxylic acid groups (broad SMARTS) is 1. The molecule has 0 radical (unpaired) electrons. The second kappa shape index (κ2) is 7.32. The lowest BCUT2D eigenvalue weighted by Gasteiger charge is -2.32. The zero-order valence-electron chi connectivity index (χ0n) is 14.2. The van der Waals surface area contributed by atoms with Gasteiger partial charge in [-0.1, -0.05) is 31.2 Å². The van der Waals surface area contributed by atoms with Crippen LogP contribution in [0, 0.1) is 0 Å². The van der Waals surface area contributed by atoms with E-state index in [2.05, 4.69) is 35.9 Å². The summed E-state index contributed by atoms with van der Waals surface area (Å²) in [6, 6.07) is 8.28. The first-order chi connectivity index (χ1) is 11.6. The molecule has 1 N–H and O–H groups in total. The van der Waals surface area contributed by atoms with Crippen LogP contribution in [0.5, 0.6) is 0 Å². The van der Waals surface area contributed by atoms with Crippen LogP contribution in [0.15, 0.2) is 24.3 Å². The van der Waals surface area contributed by atoms with E-state index in [1.807, 2.05) is 12.1 Å². The van der Waals surface area contributed by atoms with Crippen LogP contribution in [0.25, 0.3) is 11.3 Å². The molecule has 128 valence electrons. The molecule has 0 unspecified atom stereocenters. The van der Waals surface area contributed by atoms with Crippen molar-refractivity contribution >= 4 is 22.4 Å². The molecule has 5 nitrogen and oxygen atoms in total. The second-order valence-electron chi connectivity index (χ2n) is 6.18. The molecule has 0 aliphatic carbocycles. The standard InChI is InChI=1S/C18H23N3O2S/c1-3-13-4-6-14(7-5-13)17-15(12-16(22)23)24-18(19-17)21-10-8-20(2)9-11-21/h4-7H,3,8-12H2,1-2H3,(H,22,23). The lowest BCUT2D eigenvalue weighted by molar-refractivity contribution is -0.136. The predicted molar refractivity (Wildman–Crippen MR) is 98.0 cm³/mol. The van der Waals surface area contributed by atoms with Crippen molar-refractivity contribution in [1.29, 1.82) is 0 Å². The molecule has 24 heavy (non-hydrogen) atoms. The predicted octanol–water partition coefficient (Wildman–Crippen LogP) is 2.75. The smallest absolute Gasteiger partial charge is 0.308 e. The number of aliphatic carboxylic acids is 1. The Labute approximate surface area is 146 Å². The molecule has 3 rings (SSSR count). The van der Waals surface area contributed by atoms with Gasteiger partial charge in [-0.2, -0.15) is 0 Å². The Bertz CT molecular complexity index is 704. The van der Waals surface area contributed by atoms with Crippen molar-refractivity contribution in [3.63, 3.8) is 0 Å². The largest absolute Gasteiger partial charge is 0.481 e. The van der Waals surface area contributed by atoms with E-state index in [1.54, 1.807) is 0 Å². The summed E-state index contributed by atoms with van der Waals surface area (Å²) in [5.41, 5.74) is 3.09. The molecule has 1 aliphatic heterocycles. The maximum atomic E-state index is 11.2. The molecule has 1 saturated heterocycles. The first-order valence-corrected chi connectivity index (χ1v) is 9.12. The Morgan fingerprint density at radius 1 is 1.21 bits per heavy atom. The molecule has 1 aromatic heterocycles. The topological polar surface area (TPSA) is 56.7 Å². The number of aryl methyl sites for hydroxylation is 1. The van der Waals surface area contributed by atoms with Crippen molar-refractivity contribution in [2.75, 3.05) is 38.1 Å². The van der Waals surface area contributed by atoms with Gasteiger partial charge in [0.05, 0.1) is 12.1 Å². The molecular weight excluding hydrogens is 322 g/mol. The van der Waals surface area contributed by atoms with Gasteiger partial charge in [0, 0.05) is 36.6 Å². The van der Waals surface area contributed by atoms with Gasteiger partial charge in [0.15, 0.2) is 5.13 Å². The number of likely N-dealkylation sites (N-methyl/N-ethyl adjacent to an activating group) is 1. The van der Waals surface area contributed by atoms with Crippen LogP contribution < -0.4 is 4.90 Å². The van der Waals surface area contributed by atoms with E-state index in [1.165, 1.54) is 16.9 Å². The van der Waals surface area contributed by atoms with Gasteiger partial charge >= 0.3 is 5.97 Å². The fourth-order valence-corrected chi connectivity index (χ4v) is 3.98. The minimum absolute atomic E-state index is 0.0241. The van der Waals surface area contributed by atoms with Crippen LogP contribution in [-0.4, -0.2) is 54.2 Å². The first-order valence-electron chi connectivity index (χ1n) is 8.31. The maximum absolute atomic E-state index is 11.2. The van der Waals surface area contributed by atoms with Crippen LogP contribution in [0.3, 0.4) is 0 Å². The summed E-state index contributed by atoms with van der Waals surface area (Å²) in [5.74, 6) is -0.810. The summed E-state index contributed by atoms with van der Waals surface area (Å²) in [4.78, 5) is 21.4. The maximum Gasteiger partial charge on any atom is 0.308 e. The third-order valence-electron chi connectivity index (χ3n) is 4.41. The lowest BCUT2D eigenvalue weighted by Crippen LogP contribution is -2.44. The highest BCUT2D eigenvalue weighted by atomic mass is 32.1. The van der Waals surface area contributed by atoms with Crippen LogP contribution in [0.2, 0.25) is 0 Å². The van der Waals surface area contributed by atoms with E-state index in [0.29, 0.717) is 0 Å².